The van der Waals surface area contributed by atoms with Crippen LogP contribution in [-0.2, 0) is 22.4 Å². The second-order valence-corrected chi connectivity index (χ2v) is 8.52. The Hall–Kier alpha value is -3.89. The SMILES string of the molecule is NS(=O)(=O)Cc1cccc(Nc2ncnc(-c3ccccc3OCc3ccncc3)n2)c1. The molecule has 4 aromatic rings. The topological polar surface area (TPSA) is 133 Å². The van der Waals surface area contributed by atoms with Gasteiger partial charge in [-0.05, 0) is 47.5 Å². The normalized spacial score (nSPS) is 11.2. The Labute approximate surface area is 185 Å². The van der Waals surface area contributed by atoms with Gasteiger partial charge in [-0.2, -0.15) is 4.98 Å². The lowest BCUT2D eigenvalue weighted by molar-refractivity contribution is 0.307. The van der Waals surface area contributed by atoms with Gasteiger partial charge in [0, 0.05) is 18.1 Å². The number of pyridine rings is 1. The molecule has 0 radical (unpaired) electrons. The van der Waals surface area contributed by atoms with E-state index in [9.17, 15) is 8.42 Å². The standard InChI is InChI=1S/C22H20N6O3S/c23-32(29,30)14-17-4-3-5-18(12-17)27-22-26-15-25-21(28-22)19-6-1-2-7-20(19)31-13-16-8-10-24-11-9-16/h1-12,15H,13-14H2,(H2,23,29,30)(H,25,26,27,28). The molecule has 3 N–H and O–H groups in total. The number of para-hydroxylation sites is 1. The van der Waals surface area contributed by atoms with E-state index in [0.717, 1.165) is 11.1 Å². The van der Waals surface area contributed by atoms with E-state index in [1.54, 1.807) is 36.7 Å². The summed E-state index contributed by atoms with van der Waals surface area (Å²) in [6.07, 6.45) is 4.83. The van der Waals surface area contributed by atoms with Crippen molar-refractivity contribution in [3.05, 3.63) is 90.5 Å². The maximum absolute atomic E-state index is 11.4. The van der Waals surface area contributed by atoms with Crippen LogP contribution < -0.4 is 15.2 Å². The van der Waals surface area contributed by atoms with Gasteiger partial charge in [-0.25, -0.2) is 23.5 Å². The molecule has 0 saturated carbocycles. The van der Waals surface area contributed by atoms with Crippen LogP contribution in [0.3, 0.4) is 0 Å². The molecule has 2 heterocycles. The van der Waals surface area contributed by atoms with Crippen LogP contribution in [0, 0.1) is 0 Å². The molecular weight excluding hydrogens is 428 g/mol. The molecule has 0 spiro atoms. The minimum atomic E-state index is -3.63. The number of primary sulfonamides is 1. The van der Waals surface area contributed by atoms with Gasteiger partial charge in [0.25, 0.3) is 0 Å². The Morgan fingerprint density at radius 1 is 0.938 bits per heavy atom. The van der Waals surface area contributed by atoms with Crippen LogP contribution in [0.1, 0.15) is 11.1 Å². The van der Waals surface area contributed by atoms with Crippen LogP contribution in [-0.4, -0.2) is 28.4 Å². The maximum Gasteiger partial charge on any atom is 0.230 e. The van der Waals surface area contributed by atoms with E-state index < -0.39 is 10.0 Å². The molecule has 0 aliphatic carbocycles. The number of sulfonamides is 1. The summed E-state index contributed by atoms with van der Waals surface area (Å²) in [6, 6.07) is 18.1. The van der Waals surface area contributed by atoms with Gasteiger partial charge in [0.15, 0.2) is 5.82 Å². The number of nitrogens with two attached hydrogens (primary N) is 1. The molecule has 0 unspecified atom stereocenters. The second kappa shape index (κ2) is 9.50. The molecule has 4 rings (SSSR count). The van der Waals surface area contributed by atoms with Crippen LogP contribution in [0.2, 0.25) is 0 Å². The fourth-order valence-corrected chi connectivity index (χ4v) is 3.65. The van der Waals surface area contributed by atoms with Gasteiger partial charge >= 0.3 is 0 Å². The van der Waals surface area contributed by atoms with Crippen molar-refractivity contribution in [2.75, 3.05) is 5.32 Å². The summed E-state index contributed by atoms with van der Waals surface area (Å²) in [5.41, 5.74) is 2.90. The van der Waals surface area contributed by atoms with Gasteiger partial charge < -0.3 is 10.1 Å². The van der Waals surface area contributed by atoms with Gasteiger partial charge in [0.05, 0.1) is 11.3 Å². The smallest absolute Gasteiger partial charge is 0.230 e. The predicted octanol–water partition coefficient (Wildman–Crippen LogP) is 3.04. The Bertz CT molecular complexity index is 1320. The first-order chi connectivity index (χ1) is 15.5. The minimum absolute atomic E-state index is 0.257. The molecule has 2 aromatic carbocycles. The third-order valence-electron chi connectivity index (χ3n) is 4.39. The number of aromatic nitrogens is 4. The summed E-state index contributed by atoms with van der Waals surface area (Å²) >= 11 is 0. The predicted molar refractivity (Wildman–Crippen MR) is 120 cm³/mol. The van der Waals surface area contributed by atoms with Crippen molar-refractivity contribution in [3.63, 3.8) is 0 Å². The molecule has 0 fully saturated rings. The highest BCUT2D eigenvalue weighted by molar-refractivity contribution is 7.88. The molecule has 0 bridgehead atoms. The Balaban J connectivity index is 1.54. The number of benzene rings is 2. The van der Waals surface area contributed by atoms with Crippen LogP contribution in [0.25, 0.3) is 11.4 Å². The van der Waals surface area contributed by atoms with E-state index in [-0.39, 0.29) is 5.75 Å². The molecule has 32 heavy (non-hydrogen) atoms. The maximum atomic E-state index is 11.4. The molecule has 10 heteroatoms. The highest BCUT2D eigenvalue weighted by atomic mass is 32.2. The zero-order valence-electron chi connectivity index (χ0n) is 16.9. The zero-order chi connectivity index (χ0) is 22.4. The van der Waals surface area contributed by atoms with E-state index >= 15 is 0 Å². The fourth-order valence-electron chi connectivity index (χ4n) is 3.00. The van der Waals surface area contributed by atoms with Gasteiger partial charge in [0.1, 0.15) is 18.7 Å². The van der Waals surface area contributed by atoms with E-state index in [1.165, 1.54) is 6.33 Å². The number of hydrogen-bond acceptors (Lipinski definition) is 8. The molecule has 0 atom stereocenters. The molecule has 0 aliphatic heterocycles. The summed E-state index contributed by atoms with van der Waals surface area (Å²) in [7, 11) is -3.63. The Kier molecular flexibility index (Phi) is 6.34. The van der Waals surface area contributed by atoms with Crippen LogP contribution >= 0.6 is 0 Å². The molecule has 0 saturated heterocycles. The number of nitrogens with zero attached hydrogens (tertiary/aromatic N) is 4. The first-order valence-electron chi connectivity index (χ1n) is 9.63. The van der Waals surface area contributed by atoms with Crippen molar-refractivity contribution >= 4 is 21.7 Å². The summed E-state index contributed by atoms with van der Waals surface area (Å²) in [4.78, 5) is 16.9. The van der Waals surface area contributed by atoms with E-state index in [1.807, 2.05) is 36.4 Å². The Morgan fingerprint density at radius 3 is 2.56 bits per heavy atom. The van der Waals surface area contributed by atoms with Crippen molar-refractivity contribution in [1.29, 1.82) is 0 Å². The first kappa shape index (κ1) is 21.3. The van der Waals surface area contributed by atoms with Crippen molar-refractivity contribution in [2.24, 2.45) is 5.14 Å². The number of rotatable bonds is 8. The first-order valence-corrected chi connectivity index (χ1v) is 11.3. The largest absolute Gasteiger partial charge is 0.488 e. The molecule has 0 amide bonds. The summed E-state index contributed by atoms with van der Waals surface area (Å²) in [5, 5.41) is 8.21. The van der Waals surface area contributed by atoms with Gasteiger partial charge in [-0.3, -0.25) is 4.98 Å². The van der Waals surface area contributed by atoms with Gasteiger partial charge in [0.2, 0.25) is 16.0 Å². The van der Waals surface area contributed by atoms with Crippen molar-refractivity contribution in [1.82, 2.24) is 19.9 Å². The van der Waals surface area contributed by atoms with E-state index in [2.05, 4.69) is 25.3 Å². The monoisotopic (exact) mass is 448 g/mol. The molecule has 2 aromatic heterocycles. The summed E-state index contributed by atoms with van der Waals surface area (Å²) < 4.78 is 28.7. The Morgan fingerprint density at radius 2 is 1.75 bits per heavy atom. The van der Waals surface area contributed by atoms with Gasteiger partial charge in [-0.1, -0.05) is 24.3 Å². The van der Waals surface area contributed by atoms with E-state index in [4.69, 9.17) is 9.88 Å². The van der Waals surface area contributed by atoms with E-state index in [0.29, 0.717) is 35.4 Å². The van der Waals surface area contributed by atoms with Gasteiger partial charge in [-0.15, -0.1) is 0 Å². The molecule has 9 nitrogen and oxygen atoms in total. The molecule has 162 valence electrons. The zero-order valence-corrected chi connectivity index (χ0v) is 17.7. The third kappa shape index (κ3) is 5.84. The highest BCUT2D eigenvalue weighted by Crippen LogP contribution is 2.28. The lowest BCUT2D eigenvalue weighted by atomic mass is 10.2. The van der Waals surface area contributed by atoms with Crippen molar-refractivity contribution in [3.8, 4) is 17.1 Å². The third-order valence-corrected chi connectivity index (χ3v) is 5.13. The van der Waals surface area contributed by atoms with Crippen LogP contribution in [0.15, 0.2) is 79.4 Å². The summed E-state index contributed by atoms with van der Waals surface area (Å²) in [5.74, 6) is 1.13. The van der Waals surface area contributed by atoms with Crippen LogP contribution in [0.5, 0.6) is 5.75 Å². The quantitative estimate of drug-likeness (QED) is 0.420. The average Bonchev–Trinajstić information content (AvgIpc) is 2.78. The number of anilines is 2. The minimum Gasteiger partial charge on any atom is -0.488 e. The van der Waals surface area contributed by atoms with Crippen LogP contribution in [0.4, 0.5) is 11.6 Å². The molecule has 0 aliphatic rings. The van der Waals surface area contributed by atoms with Crippen molar-refractivity contribution in [2.45, 2.75) is 12.4 Å². The fraction of sp³-hybridized carbons (Fsp3) is 0.0909. The second-order valence-electron chi connectivity index (χ2n) is 6.91. The summed E-state index contributed by atoms with van der Waals surface area (Å²) in [6.45, 7) is 0.382. The average molecular weight is 449 g/mol. The lowest BCUT2D eigenvalue weighted by Crippen LogP contribution is -2.14. The lowest BCUT2D eigenvalue weighted by Gasteiger charge is -2.11. The highest BCUT2D eigenvalue weighted by Gasteiger charge is 2.11. The number of ether oxygens (including phenoxy) is 1. The van der Waals surface area contributed by atoms with Crippen molar-refractivity contribution < 1.29 is 13.2 Å². The number of nitrogens with one attached hydrogen (secondary N) is 1. The molecular formula is C22H20N6O3S. The number of hydrogen-bond donors (Lipinski definition) is 2.